The highest BCUT2D eigenvalue weighted by molar-refractivity contribution is 5.99. The highest BCUT2D eigenvalue weighted by Gasteiger charge is 2.39. The number of fused-ring (bicyclic) bond motifs is 2. The number of carbonyl (C=O) groups is 8. The first-order valence-electron chi connectivity index (χ1n) is 29.0. The number of H-pyrrole nitrogens is 2. The summed E-state index contributed by atoms with van der Waals surface area (Å²) in [6.45, 7) is 5.27. The second-order valence-corrected chi connectivity index (χ2v) is 21.9. The Kier molecular flexibility index (Phi) is 23.2. The summed E-state index contributed by atoms with van der Waals surface area (Å²) in [5.74, 6) is -6.43. The number of aliphatic hydroxyl groups is 1. The number of aliphatic imine (C=N–C) groups is 1. The molecule has 8 amide bonds. The van der Waals surface area contributed by atoms with Crippen LogP contribution >= 0.6 is 0 Å². The molecule has 1 aliphatic rings. The van der Waals surface area contributed by atoms with Crippen molar-refractivity contribution in [3.05, 3.63) is 138 Å². The maximum Gasteiger partial charge on any atom is 0.245 e. The van der Waals surface area contributed by atoms with E-state index >= 15 is 0 Å². The molecule has 1 fully saturated rings. The average molecular weight is 1180 g/mol. The number of amides is 8. The zero-order valence-electron chi connectivity index (χ0n) is 48.5. The summed E-state index contributed by atoms with van der Waals surface area (Å²) in [6, 6.07) is 17.0. The highest BCUT2D eigenvalue weighted by atomic mass is 19.1. The first kappa shape index (κ1) is 64.2. The molecule has 0 saturated carbocycles. The van der Waals surface area contributed by atoms with Gasteiger partial charge in [0, 0.05) is 79.5 Å². The Morgan fingerprint density at radius 3 is 1.74 bits per heavy atom. The summed E-state index contributed by atoms with van der Waals surface area (Å²) in [4.78, 5) is 126. The Labute approximate surface area is 497 Å². The van der Waals surface area contributed by atoms with Crippen LogP contribution in [0.3, 0.4) is 0 Å². The van der Waals surface area contributed by atoms with Crippen molar-refractivity contribution in [2.24, 2.45) is 22.4 Å². The highest BCUT2D eigenvalue weighted by Crippen LogP contribution is 2.23. The number of benzene rings is 4. The Hall–Kier alpha value is -9.32. The molecule has 1 aliphatic heterocycles. The second-order valence-electron chi connectivity index (χ2n) is 21.9. The van der Waals surface area contributed by atoms with E-state index in [0.29, 0.717) is 41.6 Å². The summed E-state index contributed by atoms with van der Waals surface area (Å²) in [5, 5.41) is 41.7. The van der Waals surface area contributed by atoms with Gasteiger partial charge in [0.05, 0.1) is 6.61 Å². The summed E-state index contributed by atoms with van der Waals surface area (Å²) < 4.78 is 13.6. The molecule has 2 aromatic heterocycles. The molecule has 6 aromatic rings. The molecule has 7 rings (SSSR count). The zero-order chi connectivity index (χ0) is 61.9. The number of aryl methyl sites for hydroxylation is 1. The third-order valence-corrected chi connectivity index (χ3v) is 15.0. The van der Waals surface area contributed by atoms with Crippen LogP contribution in [0, 0.1) is 11.7 Å². The monoisotopic (exact) mass is 1180 g/mol. The predicted molar refractivity (Wildman–Crippen MR) is 322 cm³/mol. The van der Waals surface area contributed by atoms with Gasteiger partial charge in [0.1, 0.15) is 53.9 Å². The lowest BCUT2D eigenvalue weighted by molar-refractivity contribution is -0.142. The Bertz CT molecular complexity index is 3340. The van der Waals surface area contributed by atoms with Crippen LogP contribution in [0.15, 0.2) is 114 Å². The van der Waals surface area contributed by atoms with E-state index in [4.69, 9.17) is 11.5 Å². The number of halogens is 1. The van der Waals surface area contributed by atoms with E-state index in [2.05, 4.69) is 52.2 Å². The molecule has 0 bridgehead atoms. The van der Waals surface area contributed by atoms with Crippen LogP contribution in [0.4, 0.5) is 4.39 Å². The number of guanidine groups is 1. The number of hydrogen-bond acceptors (Lipinski definition) is 11. The molecular weight excluding hydrogens is 1110 g/mol. The maximum atomic E-state index is 15.0. The number of phenols is 1. The third kappa shape index (κ3) is 18.1. The lowest BCUT2D eigenvalue weighted by atomic mass is 9.99. The number of nitrogens with zero attached hydrogens (tertiary/aromatic N) is 2. The SMILES string of the molecule is CCNC(=O)[C@@H]1CCCN1C(=O)[C@H](CCCN=C(N)N)NC(=O)[C@H](CC(C)C)NC(=O)[C@@H](Cc1c[nH]c2ccccc12)NC(=O)[C@H](Cc1ccc(O)cc1)NC(=O)[C@H](CO)NC(=O)[C@@H](Cc1c[nH]c2ccccc12)NC(=O)CCc1ccc(F)cc1. The molecule has 15 N–H and O–H groups in total. The van der Waals surface area contributed by atoms with E-state index in [0.717, 1.165) is 21.8 Å². The molecule has 0 spiro atoms. The van der Waals surface area contributed by atoms with Crippen molar-refractivity contribution in [1.82, 2.24) is 52.1 Å². The van der Waals surface area contributed by atoms with Gasteiger partial charge >= 0.3 is 0 Å². The third-order valence-electron chi connectivity index (χ3n) is 15.0. The molecular formula is C62H78FN13O10. The molecule has 3 heterocycles. The molecule has 23 nitrogen and oxygen atoms in total. The molecule has 86 heavy (non-hydrogen) atoms. The fraction of sp³-hybridized carbons (Fsp3) is 0.403. The van der Waals surface area contributed by atoms with E-state index in [1.165, 1.54) is 41.3 Å². The van der Waals surface area contributed by atoms with E-state index in [-0.39, 0.29) is 88.0 Å². The predicted octanol–water partition coefficient (Wildman–Crippen LogP) is 2.28. The smallest absolute Gasteiger partial charge is 0.245 e. The van der Waals surface area contributed by atoms with Crippen molar-refractivity contribution in [3.8, 4) is 5.75 Å². The molecule has 24 heteroatoms. The van der Waals surface area contributed by atoms with Gasteiger partial charge in [-0.05, 0) is 110 Å². The zero-order valence-corrected chi connectivity index (χ0v) is 48.5. The Morgan fingerprint density at radius 1 is 0.663 bits per heavy atom. The van der Waals surface area contributed by atoms with Gasteiger partial charge in [-0.2, -0.15) is 0 Å². The number of likely N-dealkylation sites (tertiary alicyclic amines) is 1. The number of hydrogen-bond donors (Lipinski definition) is 13. The number of nitrogens with one attached hydrogen (secondary N) is 9. The largest absolute Gasteiger partial charge is 0.508 e. The number of nitrogens with two attached hydrogens (primary N) is 2. The van der Waals surface area contributed by atoms with Crippen LogP contribution in [0.25, 0.3) is 21.8 Å². The van der Waals surface area contributed by atoms with E-state index in [9.17, 15) is 53.0 Å². The number of aliphatic hydroxyl groups excluding tert-OH is 1. The number of likely N-dealkylation sites (N-methyl/N-ethyl adjacent to an activating group) is 1. The number of rotatable bonds is 30. The quantitative estimate of drug-likeness (QED) is 0.0176. The van der Waals surface area contributed by atoms with E-state index in [1.54, 1.807) is 37.5 Å². The van der Waals surface area contributed by atoms with Gasteiger partial charge in [-0.3, -0.25) is 43.3 Å². The topological polar surface area (TPSA) is 360 Å². The number of carbonyl (C=O) groups excluding carboxylic acids is 8. The van der Waals surface area contributed by atoms with E-state index in [1.807, 2.05) is 56.3 Å². The molecule has 0 radical (unpaired) electrons. The van der Waals surface area contributed by atoms with Gasteiger partial charge in [-0.15, -0.1) is 0 Å². The van der Waals surface area contributed by atoms with Crippen molar-refractivity contribution in [2.75, 3.05) is 26.2 Å². The summed E-state index contributed by atoms with van der Waals surface area (Å²) >= 11 is 0. The summed E-state index contributed by atoms with van der Waals surface area (Å²) in [5.41, 5.74) is 15.1. The number of para-hydroxylation sites is 2. The Morgan fingerprint density at radius 2 is 1.17 bits per heavy atom. The van der Waals surface area contributed by atoms with Gasteiger partial charge in [-0.1, -0.05) is 74.5 Å². The van der Waals surface area contributed by atoms with Crippen molar-refractivity contribution >= 4 is 75.0 Å². The molecule has 4 aromatic carbocycles. The fourth-order valence-electron chi connectivity index (χ4n) is 10.5. The molecule has 458 valence electrons. The van der Waals surface area contributed by atoms with Crippen molar-refractivity contribution in [3.63, 3.8) is 0 Å². The molecule has 0 unspecified atom stereocenters. The van der Waals surface area contributed by atoms with E-state index < -0.39 is 96.1 Å². The lowest BCUT2D eigenvalue weighted by Crippen LogP contribution is -2.61. The summed E-state index contributed by atoms with van der Waals surface area (Å²) in [6.07, 6.45) is 4.56. The van der Waals surface area contributed by atoms with Crippen LogP contribution in [-0.2, 0) is 64.0 Å². The van der Waals surface area contributed by atoms with Crippen molar-refractivity contribution < 1.29 is 53.0 Å². The van der Waals surface area contributed by atoms with Gasteiger partial charge in [0.2, 0.25) is 47.3 Å². The normalized spacial score (nSPS) is 15.1. The number of aromatic amines is 2. The number of phenolic OH excluding ortho intramolecular Hbond substituents is 1. The second kappa shape index (κ2) is 31.0. The molecule has 7 atom stereocenters. The van der Waals surface area contributed by atoms with Crippen LogP contribution in [-0.4, -0.2) is 147 Å². The van der Waals surface area contributed by atoms with Crippen molar-refractivity contribution in [1.29, 1.82) is 0 Å². The minimum Gasteiger partial charge on any atom is -0.508 e. The summed E-state index contributed by atoms with van der Waals surface area (Å²) in [7, 11) is 0. The van der Waals surface area contributed by atoms with Gasteiger partial charge in [0.15, 0.2) is 5.96 Å². The van der Waals surface area contributed by atoms with Gasteiger partial charge in [-0.25, -0.2) is 4.39 Å². The molecule has 1 saturated heterocycles. The molecule has 0 aliphatic carbocycles. The van der Waals surface area contributed by atoms with Crippen LogP contribution < -0.4 is 48.7 Å². The average Bonchev–Trinajstić information content (AvgIpc) is 3.28. The van der Waals surface area contributed by atoms with Gasteiger partial charge in [0.25, 0.3) is 0 Å². The number of aromatic hydroxyl groups is 1. The van der Waals surface area contributed by atoms with Crippen LogP contribution in [0.1, 0.15) is 81.5 Å². The lowest BCUT2D eigenvalue weighted by Gasteiger charge is -2.30. The standard InChI is InChI=1S/C62H78FN13O10/c1-4-66-60(85)53-16-10-28-76(53)61(86)47(15-9-27-67-62(64)65)71-55(80)48(29-36(2)3)72-58(83)51(32-40-34-69-46-14-8-6-12-44(40)46)74-56(81)49(30-38-19-24-42(78)25-20-38)73-59(84)52(35-77)75-57(82)50(31-39-33-68-45-13-7-5-11-43(39)45)70-54(79)26-21-37-17-22-41(63)23-18-37/h5-8,11-14,17-20,22-25,33-34,36,47-53,68-69,77-78H,4,9-10,15-16,21,26-32,35H2,1-3H3,(H,66,85)(H,70,79)(H,71,80)(H,72,83)(H,73,84)(H,74,81)(H,75,82)(H4,64,65,67)/t47-,48-,49-,50+,51+,52-,53-/m0/s1. The number of aromatic nitrogens is 2. The fourth-order valence-corrected chi connectivity index (χ4v) is 10.5. The van der Waals surface area contributed by atoms with Crippen LogP contribution in [0.5, 0.6) is 5.75 Å². The maximum absolute atomic E-state index is 15.0. The first-order chi connectivity index (χ1) is 41.3. The van der Waals surface area contributed by atoms with Gasteiger partial charge < -0.3 is 73.8 Å². The minimum absolute atomic E-state index is 0.0407. The first-order valence-corrected chi connectivity index (χ1v) is 29.0. The Balaban J connectivity index is 1.14. The van der Waals surface area contributed by atoms with Crippen molar-refractivity contribution in [2.45, 2.75) is 127 Å². The minimum atomic E-state index is -1.69. The van der Waals surface area contributed by atoms with Crippen LogP contribution in [0.2, 0.25) is 0 Å².